The molecule has 0 saturated carbocycles. The molecule has 0 unspecified atom stereocenters. The van der Waals surface area contributed by atoms with Gasteiger partial charge in [0.15, 0.2) is 11.7 Å². The Kier molecular flexibility index (Phi) is 7.55. The van der Waals surface area contributed by atoms with Gasteiger partial charge in [-0.15, -0.1) is 11.3 Å². The summed E-state index contributed by atoms with van der Waals surface area (Å²) in [7, 11) is 0. The Hall–Kier alpha value is -2.45. The third-order valence-corrected chi connectivity index (χ3v) is 4.31. The highest BCUT2D eigenvalue weighted by Gasteiger charge is 2.10. The summed E-state index contributed by atoms with van der Waals surface area (Å²) < 4.78 is 4.89. The number of ether oxygens (including phenoxy) is 1. The molecule has 0 fully saturated rings. The Morgan fingerprint density at radius 3 is 2.62 bits per heavy atom. The van der Waals surface area contributed by atoms with Gasteiger partial charge in [-0.1, -0.05) is 11.6 Å². The van der Waals surface area contributed by atoms with E-state index >= 15 is 0 Å². The number of amides is 2. The Labute approximate surface area is 159 Å². The fourth-order valence-electron chi connectivity index (χ4n) is 1.92. The van der Waals surface area contributed by atoms with Crippen molar-refractivity contribution in [2.24, 2.45) is 0 Å². The van der Waals surface area contributed by atoms with Gasteiger partial charge < -0.3 is 10.1 Å². The van der Waals surface area contributed by atoms with E-state index < -0.39 is 11.9 Å². The molecule has 2 N–H and O–H groups in total. The number of thiazole rings is 1. The first-order valence-corrected chi connectivity index (χ1v) is 9.11. The average Bonchev–Trinajstić information content (AvgIpc) is 3.02. The number of rotatable bonds is 8. The number of esters is 1. The molecule has 0 aliphatic carbocycles. The monoisotopic (exact) mass is 395 g/mol. The molecule has 1 heterocycles. The van der Waals surface area contributed by atoms with Gasteiger partial charge in [0, 0.05) is 28.9 Å². The van der Waals surface area contributed by atoms with Gasteiger partial charge in [0.2, 0.25) is 0 Å². The van der Waals surface area contributed by atoms with Crippen LogP contribution >= 0.6 is 22.9 Å². The molecule has 2 rings (SSSR count). The van der Waals surface area contributed by atoms with Crippen LogP contribution in [0.1, 0.15) is 28.9 Å². The molecule has 26 heavy (non-hydrogen) atoms. The molecule has 7 nitrogen and oxygen atoms in total. The highest BCUT2D eigenvalue weighted by molar-refractivity contribution is 7.13. The molecule has 0 bridgehead atoms. The molecule has 0 aliphatic heterocycles. The number of hydrogen-bond donors (Lipinski definition) is 2. The van der Waals surface area contributed by atoms with Gasteiger partial charge in [0.1, 0.15) is 0 Å². The summed E-state index contributed by atoms with van der Waals surface area (Å²) >= 11 is 7.06. The van der Waals surface area contributed by atoms with Crippen LogP contribution in [0.2, 0.25) is 5.02 Å². The minimum Gasteiger partial charge on any atom is -0.456 e. The van der Waals surface area contributed by atoms with Crippen molar-refractivity contribution < 1.29 is 19.1 Å². The van der Waals surface area contributed by atoms with Crippen molar-refractivity contribution in [3.8, 4) is 0 Å². The Morgan fingerprint density at radius 1 is 1.23 bits per heavy atom. The molecule has 0 aliphatic rings. The highest BCUT2D eigenvalue weighted by atomic mass is 35.5. The SMILES string of the molecule is Cc1csc(NC(=O)COC(=O)CCCNC(=O)c2ccc(Cl)cc2)n1. The number of carbonyl (C=O) groups is 3. The van der Waals surface area contributed by atoms with Crippen LogP contribution in [-0.4, -0.2) is 35.9 Å². The molecular formula is C17H18ClN3O4S. The molecule has 138 valence electrons. The van der Waals surface area contributed by atoms with Gasteiger partial charge in [0.25, 0.3) is 11.8 Å². The zero-order valence-corrected chi connectivity index (χ0v) is 15.7. The van der Waals surface area contributed by atoms with Crippen molar-refractivity contribution in [2.45, 2.75) is 19.8 Å². The zero-order chi connectivity index (χ0) is 18.9. The molecule has 1 aromatic heterocycles. The largest absolute Gasteiger partial charge is 0.456 e. The topological polar surface area (TPSA) is 97.4 Å². The van der Waals surface area contributed by atoms with Crippen LogP contribution in [0.15, 0.2) is 29.6 Å². The number of aryl methyl sites for hydroxylation is 1. The number of halogens is 1. The van der Waals surface area contributed by atoms with E-state index in [1.165, 1.54) is 11.3 Å². The van der Waals surface area contributed by atoms with Crippen molar-refractivity contribution in [3.63, 3.8) is 0 Å². The third kappa shape index (κ3) is 6.81. The summed E-state index contributed by atoms with van der Waals surface area (Å²) in [4.78, 5) is 39.2. The second kappa shape index (κ2) is 9.88. The van der Waals surface area contributed by atoms with Crippen LogP contribution in [0.25, 0.3) is 0 Å². The smallest absolute Gasteiger partial charge is 0.306 e. The van der Waals surface area contributed by atoms with Gasteiger partial charge in [-0.25, -0.2) is 4.98 Å². The van der Waals surface area contributed by atoms with E-state index in [0.29, 0.717) is 28.7 Å². The Morgan fingerprint density at radius 2 is 1.96 bits per heavy atom. The summed E-state index contributed by atoms with van der Waals surface area (Å²) in [5, 5.41) is 8.07. The fourth-order valence-corrected chi connectivity index (χ4v) is 2.75. The van der Waals surface area contributed by atoms with Crippen molar-refractivity contribution in [1.82, 2.24) is 10.3 Å². The second-order valence-corrected chi connectivity index (χ2v) is 6.66. The van der Waals surface area contributed by atoms with Gasteiger partial charge in [-0.2, -0.15) is 0 Å². The molecule has 9 heteroatoms. The zero-order valence-electron chi connectivity index (χ0n) is 14.1. The first-order chi connectivity index (χ1) is 12.4. The maximum absolute atomic E-state index is 11.9. The minimum atomic E-state index is -0.504. The number of carbonyl (C=O) groups excluding carboxylic acids is 3. The summed E-state index contributed by atoms with van der Waals surface area (Å²) in [5.41, 5.74) is 1.30. The van der Waals surface area contributed by atoms with Gasteiger partial charge in [0.05, 0.1) is 5.69 Å². The van der Waals surface area contributed by atoms with E-state index in [1.54, 1.807) is 29.6 Å². The van der Waals surface area contributed by atoms with E-state index in [1.807, 2.05) is 6.92 Å². The van der Waals surface area contributed by atoms with Crippen LogP contribution in [0.3, 0.4) is 0 Å². The molecular weight excluding hydrogens is 378 g/mol. The van der Waals surface area contributed by atoms with E-state index in [-0.39, 0.29) is 18.9 Å². The molecule has 1 aromatic carbocycles. The third-order valence-electron chi connectivity index (χ3n) is 3.18. The van der Waals surface area contributed by atoms with Gasteiger partial charge in [-0.05, 0) is 37.6 Å². The quantitative estimate of drug-likeness (QED) is 0.529. The summed E-state index contributed by atoms with van der Waals surface area (Å²) in [6.07, 6.45) is 0.510. The van der Waals surface area contributed by atoms with E-state index in [9.17, 15) is 14.4 Å². The molecule has 0 atom stereocenters. The van der Waals surface area contributed by atoms with Crippen LogP contribution in [0.5, 0.6) is 0 Å². The van der Waals surface area contributed by atoms with Gasteiger partial charge >= 0.3 is 5.97 Å². The molecule has 0 radical (unpaired) electrons. The standard InChI is InChI=1S/C17H18ClN3O4S/c1-11-10-26-17(20-11)21-14(22)9-25-15(23)3-2-8-19-16(24)12-4-6-13(18)7-5-12/h4-7,10H,2-3,8-9H2,1H3,(H,19,24)(H,20,21,22). The Balaban J connectivity index is 1.59. The van der Waals surface area contributed by atoms with Crippen molar-refractivity contribution >= 4 is 45.9 Å². The number of anilines is 1. The second-order valence-electron chi connectivity index (χ2n) is 5.37. The number of nitrogens with one attached hydrogen (secondary N) is 2. The van der Waals surface area contributed by atoms with Crippen molar-refractivity contribution in [2.75, 3.05) is 18.5 Å². The van der Waals surface area contributed by atoms with E-state index in [0.717, 1.165) is 5.69 Å². The molecule has 0 spiro atoms. The van der Waals surface area contributed by atoms with E-state index in [4.69, 9.17) is 16.3 Å². The summed E-state index contributed by atoms with van der Waals surface area (Å²) in [6, 6.07) is 6.50. The number of hydrogen-bond acceptors (Lipinski definition) is 6. The predicted octanol–water partition coefficient (Wildman–Crippen LogP) is 2.80. The van der Waals surface area contributed by atoms with Crippen LogP contribution < -0.4 is 10.6 Å². The number of aromatic nitrogens is 1. The van der Waals surface area contributed by atoms with Crippen molar-refractivity contribution in [3.05, 3.63) is 45.9 Å². The lowest BCUT2D eigenvalue weighted by Crippen LogP contribution is -2.25. The van der Waals surface area contributed by atoms with E-state index in [2.05, 4.69) is 15.6 Å². The first kappa shape index (κ1) is 19.9. The minimum absolute atomic E-state index is 0.102. The van der Waals surface area contributed by atoms with Crippen molar-refractivity contribution in [1.29, 1.82) is 0 Å². The highest BCUT2D eigenvalue weighted by Crippen LogP contribution is 2.14. The predicted molar refractivity (Wildman–Crippen MR) is 99.5 cm³/mol. The lowest BCUT2D eigenvalue weighted by atomic mass is 10.2. The molecule has 0 saturated heterocycles. The maximum atomic E-state index is 11.9. The van der Waals surface area contributed by atoms with Gasteiger partial charge in [-0.3, -0.25) is 19.7 Å². The summed E-state index contributed by atoms with van der Waals surface area (Å²) in [6.45, 7) is 1.77. The normalized spacial score (nSPS) is 10.2. The van der Waals surface area contributed by atoms with Crippen LogP contribution in [0.4, 0.5) is 5.13 Å². The lowest BCUT2D eigenvalue weighted by molar-refractivity contribution is -0.147. The lowest BCUT2D eigenvalue weighted by Gasteiger charge is -2.06. The number of nitrogens with zero attached hydrogens (tertiary/aromatic N) is 1. The fraction of sp³-hybridized carbons (Fsp3) is 0.294. The molecule has 2 amide bonds. The first-order valence-electron chi connectivity index (χ1n) is 7.85. The van der Waals surface area contributed by atoms with Crippen LogP contribution in [-0.2, 0) is 14.3 Å². The average molecular weight is 396 g/mol. The van der Waals surface area contributed by atoms with Crippen LogP contribution in [0, 0.1) is 6.92 Å². The Bertz CT molecular complexity index is 777. The maximum Gasteiger partial charge on any atom is 0.306 e. The number of benzene rings is 1. The molecule has 2 aromatic rings. The summed E-state index contributed by atoms with van der Waals surface area (Å²) in [5.74, 6) is -1.19.